The van der Waals surface area contributed by atoms with Crippen molar-refractivity contribution in [1.29, 1.82) is 0 Å². The van der Waals surface area contributed by atoms with Gasteiger partial charge in [0.2, 0.25) is 5.70 Å². The molecule has 0 aromatic rings. The van der Waals surface area contributed by atoms with Crippen LogP contribution in [0.1, 0.15) is 19.8 Å². The lowest BCUT2D eigenvalue weighted by Gasteiger charge is -1.99. The van der Waals surface area contributed by atoms with Gasteiger partial charge in [-0.1, -0.05) is 6.92 Å². The number of hydrogen-bond donors (Lipinski definition) is 0. The molecule has 4 heteroatoms. The SMILES string of the molecule is CCC(=CC1CCSC1)[N+](=O)[O-]. The van der Waals surface area contributed by atoms with Crippen LogP contribution in [0.5, 0.6) is 0 Å². The van der Waals surface area contributed by atoms with Crippen molar-refractivity contribution in [3.05, 3.63) is 21.9 Å². The average molecular weight is 187 g/mol. The van der Waals surface area contributed by atoms with Crippen LogP contribution in [0.25, 0.3) is 0 Å². The quantitative estimate of drug-likeness (QED) is 0.503. The van der Waals surface area contributed by atoms with Gasteiger partial charge < -0.3 is 0 Å². The fourth-order valence-electron chi connectivity index (χ4n) is 1.26. The normalized spacial score (nSPS) is 24.4. The van der Waals surface area contributed by atoms with Gasteiger partial charge in [-0.25, -0.2) is 0 Å². The minimum Gasteiger partial charge on any atom is -0.259 e. The molecule has 1 aliphatic heterocycles. The molecule has 68 valence electrons. The highest BCUT2D eigenvalue weighted by molar-refractivity contribution is 7.99. The molecule has 0 aromatic carbocycles. The van der Waals surface area contributed by atoms with Crippen molar-refractivity contribution in [1.82, 2.24) is 0 Å². The lowest BCUT2D eigenvalue weighted by atomic mass is 10.1. The van der Waals surface area contributed by atoms with E-state index in [4.69, 9.17) is 0 Å². The van der Waals surface area contributed by atoms with Crippen molar-refractivity contribution < 1.29 is 4.92 Å². The summed E-state index contributed by atoms with van der Waals surface area (Å²) in [5.74, 6) is 2.64. The van der Waals surface area contributed by atoms with Crippen molar-refractivity contribution in [2.24, 2.45) is 5.92 Å². The zero-order valence-electron chi connectivity index (χ0n) is 7.16. The van der Waals surface area contributed by atoms with E-state index < -0.39 is 0 Å². The Hall–Kier alpha value is -0.510. The molecular formula is C8H13NO2S. The Labute approximate surface area is 76.4 Å². The maximum Gasteiger partial charge on any atom is 0.242 e. The minimum atomic E-state index is -0.261. The Balaban J connectivity index is 2.56. The van der Waals surface area contributed by atoms with E-state index in [1.165, 1.54) is 0 Å². The Morgan fingerprint density at radius 2 is 2.58 bits per heavy atom. The summed E-state index contributed by atoms with van der Waals surface area (Å²) in [4.78, 5) is 10.2. The van der Waals surface area contributed by atoms with E-state index >= 15 is 0 Å². The van der Waals surface area contributed by atoms with Gasteiger partial charge in [-0.3, -0.25) is 10.1 Å². The van der Waals surface area contributed by atoms with Crippen LogP contribution in [0.15, 0.2) is 11.8 Å². The van der Waals surface area contributed by atoms with Gasteiger partial charge in [0.15, 0.2) is 0 Å². The first-order valence-electron chi connectivity index (χ1n) is 4.17. The predicted molar refractivity (Wildman–Crippen MR) is 50.8 cm³/mol. The molecule has 0 spiro atoms. The van der Waals surface area contributed by atoms with Crippen LogP contribution in [0, 0.1) is 16.0 Å². The molecule has 1 atom stereocenters. The van der Waals surface area contributed by atoms with E-state index in [0.717, 1.165) is 17.9 Å². The third kappa shape index (κ3) is 2.52. The molecule has 3 nitrogen and oxygen atoms in total. The van der Waals surface area contributed by atoms with Crippen LogP contribution < -0.4 is 0 Å². The van der Waals surface area contributed by atoms with E-state index in [-0.39, 0.29) is 4.92 Å². The molecular weight excluding hydrogens is 174 g/mol. The van der Waals surface area contributed by atoms with Gasteiger partial charge in [0.25, 0.3) is 0 Å². The molecule has 1 saturated heterocycles. The maximum atomic E-state index is 10.4. The summed E-state index contributed by atoms with van der Waals surface area (Å²) in [6.07, 6.45) is 3.47. The van der Waals surface area contributed by atoms with Crippen molar-refractivity contribution in [2.75, 3.05) is 11.5 Å². The number of nitrogens with zero attached hydrogens (tertiary/aromatic N) is 1. The number of hydrogen-bond acceptors (Lipinski definition) is 3. The number of allylic oxidation sites excluding steroid dienone is 2. The van der Waals surface area contributed by atoms with Crippen molar-refractivity contribution in [2.45, 2.75) is 19.8 Å². The summed E-state index contributed by atoms with van der Waals surface area (Å²) in [5, 5.41) is 10.4. The number of nitro groups is 1. The molecule has 1 rings (SSSR count). The highest BCUT2D eigenvalue weighted by Gasteiger charge is 2.17. The summed E-state index contributed by atoms with van der Waals surface area (Å²) in [7, 11) is 0. The molecule has 0 aromatic heterocycles. The zero-order chi connectivity index (χ0) is 8.97. The highest BCUT2D eigenvalue weighted by atomic mass is 32.2. The smallest absolute Gasteiger partial charge is 0.242 e. The average Bonchev–Trinajstić information content (AvgIpc) is 2.51. The Bertz CT molecular complexity index is 197. The van der Waals surface area contributed by atoms with Crippen LogP contribution in [-0.2, 0) is 0 Å². The predicted octanol–water partition coefficient (Wildman–Crippen LogP) is 2.31. The van der Waals surface area contributed by atoms with Gasteiger partial charge >= 0.3 is 0 Å². The first-order valence-corrected chi connectivity index (χ1v) is 5.32. The van der Waals surface area contributed by atoms with E-state index in [0.29, 0.717) is 18.0 Å². The first-order chi connectivity index (χ1) is 5.74. The summed E-state index contributed by atoms with van der Waals surface area (Å²) in [6.45, 7) is 1.83. The fraction of sp³-hybridized carbons (Fsp3) is 0.750. The molecule has 1 heterocycles. The summed E-state index contributed by atoms with van der Waals surface area (Å²) >= 11 is 1.88. The molecule has 1 fully saturated rings. The zero-order valence-corrected chi connectivity index (χ0v) is 7.97. The topological polar surface area (TPSA) is 43.1 Å². The Morgan fingerprint density at radius 3 is 3.00 bits per heavy atom. The minimum absolute atomic E-state index is 0.261. The van der Waals surface area contributed by atoms with Crippen LogP contribution in [0.4, 0.5) is 0 Å². The van der Waals surface area contributed by atoms with Gasteiger partial charge in [0.05, 0.1) is 4.92 Å². The van der Waals surface area contributed by atoms with Crippen LogP contribution >= 0.6 is 11.8 Å². The highest BCUT2D eigenvalue weighted by Crippen LogP contribution is 2.25. The third-order valence-electron chi connectivity index (χ3n) is 1.99. The molecule has 1 aliphatic rings. The molecule has 0 N–H and O–H groups in total. The van der Waals surface area contributed by atoms with E-state index in [1.807, 2.05) is 24.8 Å². The van der Waals surface area contributed by atoms with Crippen molar-refractivity contribution in [3.8, 4) is 0 Å². The van der Waals surface area contributed by atoms with Gasteiger partial charge in [0.1, 0.15) is 0 Å². The molecule has 12 heavy (non-hydrogen) atoms. The van der Waals surface area contributed by atoms with E-state index in [9.17, 15) is 10.1 Å². The van der Waals surface area contributed by atoms with Crippen molar-refractivity contribution in [3.63, 3.8) is 0 Å². The number of rotatable bonds is 3. The van der Waals surface area contributed by atoms with Crippen molar-refractivity contribution >= 4 is 11.8 Å². The number of thioether (sulfide) groups is 1. The largest absolute Gasteiger partial charge is 0.259 e. The fourth-order valence-corrected chi connectivity index (χ4v) is 2.47. The molecule has 0 aliphatic carbocycles. The molecule has 0 amide bonds. The van der Waals surface area contributed by atoms with E-state index in [1.54, 1.807) is 0 Å². The molecule has 0 radical (unpaired) electrons. The van der Waals surface area contributed by atoms with Crippen LogP contribution in [-0.4, -0.2) is 16.4 Å². The van der Waals surface area contributed by atoms with Gasteiger partial charge in [-0.05, 0) is 29.9 Å². The maximum absolute atomic E-state index is 10.4. The van der Waals surface area contributed by atoms with E-state index in [2.05, 4.69) is 0 Å². The summed E-state index contributed by atoms with van der Waals surface area (Å²) in [5.41, 5.74) is 0.377. The molecule has 0 saturated carbocycles. The first kappa shape index (κ1) is 9.58. The third-order valence-corrected chi connectivity index (χ3v) is 3.18. The van der Waals surface area contributed by atoms with Crippen LogP contribution in [0.3, 0.4) is 0 Å². The molecule has 1 unspecified atom stereocenters. The van der Waals surface area contributed by atoms with Gasteiger partial charge in [-0.15, -0.1) is 0 Å². The standard InChI is InChI=1S/C8H13NO2S/c1-2-8(9(10)11)5-7-3-4-12-6-7/h5,7H,2-4,6H2,1H3. The second-order valence-electron chi connectivity index (χ2n) is 2.89. The monoisotopic (exact) mass is 187 g/mol. The molecule has 0 bridgehead atoms. The second-order valence-corrected chi connectivity index (χ2v) is 4.04. The Morgan fingerprint density at radius 1 is 1.83 bits per heavy atom. The van der Waals surface area contributed by atoms with Gasteiger partial charge in [-0.2, -0.15) is 11.8 Å². The second kappa shape index (κ2) is 4.50. The summed E-state index contributed by atoms with van der Waals surface area (Å²) < 4.78 is 0. The van der Waals surface area contributed by atoms with Crippen LogP contribution in [0.2, 0.25) is 0 Å². The van der Waals surface area contributed by atoms with Gasteiger partial charge in [0, 0.05) is 6.42 Å². The Kier molecular flexibility index (Phi) is 3.59. The summed E-state index contributed by atoms with van der Waals surface area (Å²) in [6, 6.07) is 0. The lowest BCUT2D eigenvalue weighted by Crippen LogP contribution is -2.02. The lowest BCUT2D eigenvalue weighted by molar-refractivity contribution is -0.428.